The molecule has 1 heterocycles. The zero-order valence-corrected chi connectivity index (χ0v) is 13.0. The molecular formula is C16H18F3NO4. The van der Waals surface area contributed by atoms with Gasteiger partial charge in [0.05, 0.1) is 0 Å². The molecule has 1 aliphatic heterocycles. The van der Waals surface area contributed by atoms with Gasteiger partial charge in [0.15, 0.2) is 0 Å². The average Bonchev–Trinajstić information content (AvgIpc) is 2.52. The normalized spacial score (nSPS) is 17.4. The Kier molecular flexibility index (Phi) is 5.36. The Morgan fingerprint density at radius 2 is 1.92 bits per heavy atom. The Morgan fingerprint density at radius 3 is 2.46 bits per heavy atom. The third-order valence-corrected chi connectivity index (χ3v) is 4.11. The lowest BCUT2D eigenvalue weighted by Gasteiger charge is -2.33. The number of carbonyl (C=O) groups excluding carboxylic acids is 1. The van der Waals surface area contributed by atoms with E-state index in [-0.39, 0.29) is 11.7 Å². The molecule has 24 heavy (non-hydrogen) atoms. The summed E-state index contributed by atoms with van der Waals surface area (Å²) in [7, 11) is 0. The Bertz CT molecular complexity index is 610. The van der Waals surface area contributed by atoms with Crippen molar-refractivity contribution in [1.82, 2.24) is 4.90 Å². The van der Waals surface area contributed by atoms with E-state index < -0.39 is 24.2 Å². The van der Waals surface area contributed by atoms with E-state index in [1.165, 1.54) is 30.0 Å². The summed E-state index contributed by atoms with van der Waals surface area (Å²) in [6, 6.07) is 5.82. The second-order valence-electron chi connectivity index (χ2n) is 5.78. The largest absolute Gasteiger partial charge is 0.573 e. The number of amides is 1. The zero-order chi connectivity index (χ0) is 17.9. The van der Waals surface area contributed by atoms with Crippen molar-refractivity contribution in [3.8, 4) is 5.75 Å². The molecule has 1 fully saturated rings. The van der Waals surface area contributed by atoms with Gasteiger partial charge in [0, 0.05) is 13.1 Å². The van der Waals surface area contributed by atoms with E-state index in [1.807, 2.05) is 0 Å². The molecule has 0 aliphatic carbocycles. The first-order valence-corrected chi connectivity index (χ1v) is 7.54. The molecule has 1 unspecified atom stereocenters. The number of piperidine rings is 1. The molecule has 1 amide bonds. The number of carboxylic acids is 1. The van der Waals surface area contributed by atoms with Gasteiger partial charge in [-0.15, -0.1) is 13.2 Å². The molecule has 0 spiro atoms. The maximum atomic E-state index is 12.3. The molecule has 2 rings (SSSR count). The van der Waals surface area contributed by atoms with E-state index >= 15 is 0 Å². The standard InChI is InChI=1S/C16H18F3NO4/c1-10(15(22)23)14(21)20-7-5-11(6-8-20)12-3-2-4-13(9-12)24-16(17,18)19/h2-4,9-11H,5-8H2,1H3,(H,22,23). The van der Waals surface area contributed by atoms with Crippen molar-refractivity contribution in [1.29, 1.82) is 0 Å². The van der Waals surface area contributed by atoms with Crippen LogP contribution in [-0.2, 0) is 9.59 Å². The number of carbonyl (C=O) groups is 2. The number of nitrogens with zero attached hydrogens (tertiary/aromatic N) is 1. The SMILES string of the molecule is CC(C(=O)O)C(=O)N1CCC(c2cccc(OC(F)(F)F)c2)CC1. The Morgan fingerprint density at radius 1 is 1.29 bits per heavy atom. The highest BCUT2D eigenvalue weighted by molar-refractivity contribution is 5.96. The minimum Gasteiger partial charge on any atom is -0.481 e. The van der Waals surface area contributed by atoms with E-state index in [4.69, 9.17) is 5.11 Å². The molecule has 0 bridgehead atoms. The van der Waals surface area contributed by atoms with Crippen LogP contribution in [0.2, 0.25) is 0 Å². The van der Waals surface area contributed by atoms with Crippen molar-refractivity contribution in [2.75, 3.05) is 13.1 Å². The predicted octanol–water partition coefficient (Wildman–Crippen LogP) is 3.01. The molecule has 1 atom stereocenters. The third kappa shape index (κ3) is 4.62. The topological polar surface area (TPSA) is 66.8 Å². The lowest BCUT2D eigenvalue weighted by atomic mass is 9.89. The maximum absolute atomic E-state index is 12.3. The smallest absolute Gasteiger partial charge is 0.481 e. The van der Waals surface area contributed by atoms with Crippen molar-refractivity contribution < 1.29 is 32.6 Å². The lowest BCUT2D eigenvalue weighted by Crippen LogP contribution is -2.42. The van der Waals surface area contributed by atoms with Gasteiger partial charge in [-0.3, -0.25) is 9.59 Å². The predicted molar refractivity (Wildman–Crippen MR) is 78.5 cm³/mol. The van der Waals surface area contributed by atoms with Gasteiger partial charge in [0.1, 0.15) is 11.7 Å². The van der Waals surface area contributed by atoms with Crippen LogP contribution in [0, 0.1) is 5.92 Å². The Labute approximate surface area is 137 Å². The van der Waals surface area contributed by atoms with Gasteiger partial charge in [-0.25, -0.2) is 0 Å². The summed E-state index contributed by atoms with van der Waals surface area (Å²) in [5.41, 5.74) is 0.718. The van der Waals surface area contributed by atoms with Crippen LogP contribution in [0.25, 0.3) is 0 Å². The van der Waals surface area contributed by atoms with E-state index in [0.29, 0.717) is 25.9 Å². The highest BCUT2D eigenvalue weighted by Crippen LogP contribution is 2.32. The monoisotopic (exact) mass is 345 g/mol. The van der Waals surface area contributed by atoms with E-state index in [0.717, 1.165) is 5.56 Å². The van der Waals surface area contributed by atoms with Crippen LogP contribution in [-0.4, -0.2) is 41.3 Å². The highest BCUT2D eigenvalue weighted by Gasteiger charge is 2.32. The van der Waals surface area contributed by atoms with Gasteiger partial charge >= 0.3 is 12.3 Å². The number of benzene rings is 1. The molecule has 1 N–H and O–H groups in total. The highest BCUT2D eigenvalue weighted by atomic mass is 19.4. The molecule has 0 saturated carbocycles. The molecule has 132 valence electrons. The van der Waals surface area contributed by atoms with E-state index in [2.05, 4.69) is 4.74 Å². The second kappa shape index (κ2) is 7.11. The molecule has 8 heteroatoms. The lowest BCUT2D eigenvalue weighted by molar-refractivity contribution is -0.274. The van der Waals surface area contributed by atoms with Crippen LogP contribution in [0.5, 0.6) is 5.75 Å². The van der Waals surface area contributed by atoms with Crippen LogP contribution < -0.4 is 4.74 Å². The summed E-state index contributed by atoms with van der Waals surface area (Å²) < 4.78 is 40.8. The van der Waals surface area contributed by atoms with Crippen molar-refractivity contribution in [3.05, 3.63) is 29.8 Å². The van der Waals surface area contributed by atoms with E-state index in [1.54, 1.807) is 6.07 Å². The Hall–Kier alpha value is -2.25. The van der Waals surface area contributed by atoms with Gasteiger partial charge in [0.2, 0.25) is 5.91 Å². The van der Waals surface area contributed by atoms with Gasteiger partial charge in [0.25, 0.3) is 0 Å². The number of carboxylic acid groups (broad SMARTS) is 1. The van der Waals surface area contributed by atoms with Crippen LogP contribution in [0.15, 0.2) is 24.3 Å². The molecule has 1 saturated heterocycles. The fraction of sp³-hybridized carbons (Fsp3) is 0.500. The summed E-state index contributed by atoms with van der Waals surface area (Å²) in [5.74, 6) is -2.96. The van der Waals surface area contributed by atoms with Crippen LogP contribution in [0.4, 0.5) is 13.2 Å². The fourth-order valence-corrected chi connectivity index (χ4v) is 2.78. The molecule has 1 aliphatic rings. The number of halogens is 3. The summed E-state index contributed by atoms with van der Waals surface area (Å²) in [4.78, 5) is 24.4. The van der Waals surface area contributed by atoms with Crippen molar-refractivity contribution >= 4 is 11.9 Å². The van der Waals surface area contributed by atoms with Gasteiger partial charge in [-0.2, -0.15) is 0 Å². The van der Waals surface area contributed by atoms with E-state index in [9.17, 15) is 22.8 Å². The third-order valence-electron chi connectivity index (χ3n) is 4.11. The second-order valence-corrected chi connectivity index (χ2v) is 5.78. The molecular weight excluding hydrogens is 327 g/mol. The summed E-state index contributed by atoms with van der Waals surface area (Å²) in [6.07, 6.45) is -3.61. The summed E-state index contributed by atoms with van der Waals surface area (Å²) >= 11 is 0. The van der Waals surface area contributed by atoms with Gasteiger partial charge < -0.3 is 14.7 Å². The Balaban J connectivity index is 1.98. The quantitative estimate of drug-likeness (QED) is 0.852. The van der Waals surface area contributed by atoms with Crippen LogP contribution in [0.1, 0.15) is 31.2 Å². The number of alkyl halides is 3. The van der Waals surface area contributed by atoms with Gasteiger partial charge in [-0.05, 0) is 43.4 Å². The summed E-state index contributed by atoms with van der Waals surface area (Å²) in [5, 5.41) is 8.88. The van der Waals surface area contributed by atoms with Gasteiger partial charge in [-0.1, -0.05) is 12.1 Å². The minimum atomic E-state index is -4.73. The number of aliphatic carboxylic acids is 1. The minimum absolute atomic E-state index is 0.00553. The zero-order valence-electron chi connectivity index (χ0n) is 13.0. The first-order valence-electron chi connectivity index (χ1n) is 7.54. The molecule has 1 aromatic rings. The van der Waals surface area contributed by atoms with Crippen molar-refractivity contribution in [2.45, 2.75) is 32.0 Å². The molecule has 0 aromatic heterocycles. The first kappa shape index (κ1) is 18.1. The van der Waals surface area contributed by atoms with Crippen LogP contribution >= 0.6 is 0 Å². The number of likely N-dealkylation sites (tertiary alicyclic amines) is 1. The fourth-order valence-electron chi connectivity index (χ4n) is 2.78. The number of hydrogen-bond donors (Lipinski definition) is 1. The molecule has 1 aromatic carbocycles. The first-order chi connectivity index (χ1) is 11.2. The van der Waals surface area contributed by atoms with Crippen LogP contribution in [0.3, 0.4) is 0 Å². The van der Waals surface area contributed by atoms with Crippen molar-refractivity contribution in [2.24, 2.45) is 5.92 Å². The summed E-state index contributed by atoms with van der Waals surface area (Å²) in [6.45, 7) is 2.10. The average molecular weight is 345 g/mol. The molecule has 5 nitrogen and oxygen atoms in total. The number of rotatable bonds is 4. The van der Waals surface area contributed by atoms with Crippen molar-refractivity contribution in [3.63, 3.8) is 0 Å². The number of ether oxygens (including phenoxy) is 1. The number of hydrogen-bond acceptors (Lipinski definition) is 3. The maximum Gasteiger partial charge on any atom is 0.573 e. The molecule has 0 radical (unpaired) electrons.